The SMILES string of the molecule is NC1(C2=CC(=O)N=N2)C=CC=CC1. The van der Waals surface area contributed by atoms with Crippen molar-refractivity contribution in [2.24, 2.45) is 16.0 Å². The molecule has 13 heavy (non-hydrogen) atoms. The summed E-state index contributed by atoms with van der Waals surface area (Å²) in [5, 5.41) is 7.13. The predicted molar refractivity (Wildman–Crippen MR) is 47.8 cm³/mol. The van der Waals surface area contributed by atoms with Gasteiger partial charge in [-0.1, -0.05) is 24.3 Å². The van der Waals surface area contributed by atoms with Crippen LogP contribution in [0, 0.1) is 0 Å². The highest BCUT2D eigenvalue weighted by atomic mass is 16.1. The van der Waals surface area contributed by atoms with Gasteiger partial charge in [-0.25, -0.2) is 0 Å². The molecular formula is C9H9N3O. The van der Waals surface area contributed by atoms with Gasteiger partial charge in [0.15, 0.2) is 0 Å². The molecule has 0 saturated heterocycles. The Hall–Kier alpha value is -1.55. The minimum Gasteiger partial charge on any atom is -0.317 e. The quantitative estimate of drug-likeness (QED) is 0.647. The van der Waals surface area contributed by atoms with Crippen LogP contribution in [0.15, 0.2) is 46.3 Å². The van der Waals surface area contributed by atoms with Crippen molar-refractivity contribution in [1.29, 1.82) is 0 Å². The Morgan fingerprint density at radius 3 is 2.77 bits per heavy atom. The van der Waals surface area contributed by atoms with Crippen molar-refractivity contribution in [2.45, 2.75) is 12.0 Å². The number of hydrogen-bond donors (Lipinski definition) is 1. The monoisotopic (exact) mass is 175 g/mol. The minimum absolute atomic E-state index is 0.331. The maximum Gasteiger partial charge on any atom is 0.290 e. The second-order valence-corrected chi connectivity index (χ2v) is 3.10. The van der Waals surface area contributed by atoms with Crippen LogP contribution < -0.4 is 5.73 Å². The topological polar surface area (TPSA) is 67.8 Å². The molecule has 1 amide bonds. The van der Waals surface area contributed by atoms with Crippen molar-refractivity contribution >= 4 is 5.91 Å². The first-order valence-corrected chi connectivity index (χ1v) is 4.02. The molecule has 0 fully saturated rings. The number of azo groups is 1. The third kappa shape index (κ3) is 1.36. The molecule has 0 spiro atoms. The zero-order valence-corrected chi connectivity index (χ0v) is 6.97. The molecule has 1 atom stereocenters. The van der Waals surface area contributed by atoms with E-state index in [0.717, 1.165) is 0 Å². The predicted octanol–water partition coefficient (Wildman–Crippen LogP) is 1.08. The minimum atomic E-state index is -0.648. The Morgan fingerprint density at radius 2 is 2.23 bits per heavy atom. The van der Waals surface area contributed by atoms with Crippen LogP contribution >= 0.6 is 0 Å². The van der Waals surface area contributed by atoms with Crippen LogP contribution in [0.5, 0.6) is 0 Å². The number of allylic oxidation sites excluding steroid dienone is 2. The highest BCUT2D eigenvalue weighted by Crippen LogP contribution is 2.27. The maximum atomic E-state index is 10.8. The van der Waals surface area contributed by atoms with E-state index in [0.29, 0.717) is 12.1 Å². The molecular weight excluding hydrogens is 166 g/mol. The zero-order valence-electron chi connectivity index (χ0n) is 6.97. The molecule has 66 valence electrons. The summed E-state index contributed by atoms with van der Waals surface area (Å²) in [6, 6.07) is 0. The lowest BCUT2D eigenvalue weighted by atomic mass is 9.89. The van der Waals surface area contributed by atoms with E-state index in [-0.39, 0.29) is 5.91 Å². The molecule has 1 aliphatic heterocycles. The molecule has 0 saturated carbocycles. The van der Waals surface area contributed by atoms with E-state index in [1.54, 1.807) is 0 Å². The first kappa shape index (κ1) is 8.07. The molecule has 0 aromatic heterocycles. The molecule has 1 aliphatic carbocycles. The molecule has 2 rings (SSSR count). The third-order valence-electron chi connectivity index (χ3n) is 2.09. The highest BCUT2D eigenvalue weighted by Gasteiger charge is 2.30. The molecule has 0 bridgehead atoms. The lowest BCUT2D eigenvalue weighted by Crippen LogP contribution is -2.39. The number of nitrogens with zero attached hydrogens (tertiary/aromatic N) is 2. The number of rotatable bonds is 1. The molecule has 0 radical (unpaired) electrons. The van der Waals surface area contributed by atoms with E-state index < -0.39 is 5.54 Å². The van der Waals surface area contributed by atoms with Gasteiger partial charge in [0.2, 0.25) is 0 Å². The van der Waals surface area contributed by atoms with Crippen LogP contribution in [0.3, 0.4) is 0 Å². The van der Waals surface area contributed by atoms with Crippen LogP contribution in [0.4, 0.5) is 0 Å². The van der Waals surface area contributed by atoms with Gasteiger partial charge in [0, 0.05) is 6.08 Å². The second kappa shape index (κ2) is 2.74. The van der Waals surface area contributed by atoms with Gasteiger partial charge in [-0.2, -0.15) is 0 Å². The van der Waals surface area contributed by atoms with E-state index in [1.165, 1.54) is 6.08 Å². The van der Waals surface area contributed by atoms with Gasteiger partial charge < -0.3 is 5.73 Å². The standard InChI is InChI=1S/C9H9N3O/c10-9(4-2-1-3-5-9)7-6-8(13)12-11-7/h1-4,6H,5,10H2. The average molecular weight is 175 g/mol. The molecule has 0 aromatic rings. The summed E-state index contributed by atoms with van der Waals surface area (Å²) in [5.41, 5.74) is 5.91. The van der Waals surface area contributed by atoms with E-state index in [2.05, 4.69) is 10.2 Å². The average Bonchev–Trinajstić information content (AvgIpc) is 2.54. The fourth-order valence-electron chi connectivity index (χ4n) is 1.33. The molecule has 1 heterocycles. The summed E-state index contributed by atoms with van der Waals surface area (Å²) < 4.78 is 0. The van der Waals surface area contributed by atoms with Gasteiger partial charge in [0.05, 0.1) is 11.2 Å². The van der Waals surface area contributed by atoms with Crippen LogP contribution in [0.25, 0.3) is 0 Å². The van der Waals surface area contributed by atoms with Gasteiger partial charge >= 0.3 is 0 Å². The first-order chi connectivity index (χ1) is 6.21. The van der Waals surface area contributed by atoms with Crippen LogP contribution in [0.1, 0.15) is 6.42 Å². The number of nitrogens with two attached hydrogens (primary N) is 1. The summed E-state index contributed by atoms with van der Waals surface area (Å²) in [5.74, 6) is -0.331. The Morgan fingerprint density at radius 1 is 1.38 bits per heavy atom. The second-order valence-electron chi connectivity index (χ2n) is 3.10. The lowest BCUT2D eigenvalue weighted by Gasteiger charge is -2.24. The Bertz CT molecular complexity index is 365. The van der Waals surface area contributed by atoms with E-state index in [1.807, 2.05) is 24.3 Å². The third-order valence-corrected chi connectivity index (χ3v) is 2.09. The number of carbonyl (C=O) groups excluding carboxylic acids is 1. The van der Waals surface area contributed by atoms with Gasteiger partial charge in [0.1, 0.15) is 0 Å². The fourth-order valence-corrected chi connectivity index (χ4v) is 1.33. The van der Waals surface area contributed by atoms with Crippen LogP contribution in [0.2, 0.25) is 0 Å². The normalized spacial score (nSPS) is 31.2. The molecule has 1 unspecified atom stereocenters. The Balaban J connectivity index is 2.31. The smallest absolute Gasteiger partial charge is 0.290 e. The van der Waals surface area contributed by atoms with Crippen molar-refractivity contribution in [3.05, 3.63) is 36.1 Å². The lowest BCUT2D eigenvalue weighted by molar-refractivity contribution is -0.113. The summed E-state index contributed by atoms with van der Waals surface area (Å²) in [6.07, 6.45) is 9.57. The number of carbonyl (C=O) groups is 1. The van der Waals surface area contributed by atoms with E-state index in [9.17, 15) is 4.79 Å². The maximum absolute atomic E-state index is 10.8. The summed E-state index contributed by atoms with van der Waals surface area (Å²) >= 11 is 0. The summed E-state index contributed by atoms with van der Waals surface area (Å²) in [4.78, 5) is 10.8. The molecule has 4 nitrogen and oxygen atoms in total. The summed E-state index contributed by atoms with van der Waals surface area (Å²) in [7, 11) is 0. The number of amides is 1. The van der Waals surface area contributed by atoms with Crippen LogP contribution in [-0.4, -0.2) is 11.4 Å². The van der Waals surface area contributed by atoms with E-state index in [4.69, 9.17) is 5.73 Å². The van der Waals surface area contributed by atoms with Gasteiger partial charge in [-0.15, -0.1) is 10.2 Å². The van der Waals surface area contributed by atoms with Crippen molar-refractivity contribution in [3.63, 3.8) is 0 Å². The Labute approximate surface area is 75.5 Å². The van der Waals surface area contributed by atoms with Gasteiger partial charge in [0.25, 0.3) is 5.91 Å². The van der Waals surface area contributed by atoms with Crippen molar-refractivity contribution in [2.75, 3.05) is 0 Å². The Kier molecular flexibility index (Phi) is 1.70. The zero-order chi connectivity index (χ0) is 9.31. The molecule has 0 aromatic carbocycles. The van der Waals surface area contributed by atoms with Crippen molar-refractivity contribution in [1.82, 2.24) is 0 Å². The van der Waals surface area contributed by atoms with Crippen molar-refractivity contribution in [3.8, 4) is 0 Å². The summed E-state index contributed by atoms with van der Waals surface area (Å²) in [6.45, 7) is 0. The van der Waals surface area contributed by atoms with Gasteiger partial charge in [-0.05, 0) is 6.42 Å². The molecule has 4 heteroatoms. The molecule has 2 N–H and O–H groups in total. The van der Waals surface area contributed by atoms with Crippen molar-refractivity contribution < 1.29 is 4.79 Å². The highest BCUT2D eigenvalue weighted by molar-refractivity contribution is 5.90. The fraction of sp³-hybridized carbons (Fsp3) is 0.222. The van der Waals surface area contributed by atoms with E-state index >= 15 is 0 Å². The molecule has 2 aliphatic rings. The van der Waals surface area contributed by atoms with Gasteiger partial charge in [-0.3, -0.25) is 4.79 Å². The largest absolute Gasteiger partial charge is 0.317 e. The first-order valence-electron chi connectivity index (χ1n) is 4.02. The van der Waals surface area contributed by atoms with Crippen LogP contribution in [-0.2, 0) is 4.79 Å². The number of hydrogen-bond acceptors (Lipinski definition) is 3.